The number of ether oxygens (including phenoxy) is 2. The summed E-state index contributed by atoms with van der Waals surface area (Å²) in [5.41, 5.74) is 7.69. The van der Waals surface area contributed by atoms with E-state index in [-0.39, 0.29) is 6.10 Å². The van der Waals surface area contributed by atoms with Crippen molar-refractivity contribution in [3.8, 4) is 28.3 Å². The van der Waals surface area contributed by atoms with Crippen LogP contribution in [-0.4, -0.2) is 51.7 Å². The number of fused-ring (bicyclic) bond motifs is 5. The lowest BCUT2D eigenvalue weighted by Gasteiger charge is -2.27. The standard InChI is InChI=1S/C24H24N4O2.C8H15N3/c1-29-13-21-22-15-5-2-3-6-17(15)27-23(22)16-9-8-14(11-20(16)30-21)19-12-26-24(28-19)18-7-4-10-25-18;1-3-4-9-6-8-10-5-7(2)11-8/h2-3,5-6,8-9,11-12,18,21,25,27H,4,7,10,13H2,1H3,(H,26,28);5,9H,3-4,6H2,1-2H3,(H,10,11). The number of benzene rings is 2. The molecule has 0 amide bonds. The molecule has 1 fully saturated rings. The van der Waals surface area contributed by atoms with Crippen LogP contribution >= 0.6 is 0 Å². The third kappa shape index (κ3) is 5.79. The summed E-state index contributed by atoms with van der Waals surface area (Å²) in [6.07, 6.45) is 7.11. The molecule has 2 aliphatic rings. The van der Waals surface area contributed by atoms with Crippen molar-refractivity contribution < 1.29 is 9.47 Å². The first-order valence-corrected chi connectivity index (χ1v) is 14.5. The molecular formula is C32H39N7O2. The van der Waals surface area contributed by atoms with E-state index < -0.39 is 0 Å². The quantitative estimate of drug-likeness (QED) is 0.152. The molecule has 214 valence electrons. The zero-order valence-corrected chi connectivity index (χ0v) is 24.0. The summed E-state index contributed by atoms with van der Waals surface area (Å²) in [6.45, 7) is 7.62. The highest BCUT2D eigenvalue weighted by molar-refractivity contribution is 5.93. The van der Waals surface area contributed by atoms with Gasteiger partial charge in [-0.2, -0.15) is 0 Å². The number of H-pyrrole nitrogens is 3. The van der Waals surface area contributed by atoms with Crippen molar-refractivity contribution in [1.29, 1.82) is 0 Å². The largest absolute Gasteiger partial charge is 0.482 e. The van der Waals surface area contributed by atoms with E-state index in [1.807, 2.05) is 19.3 Å². The van der Waals surface area contributed by atoms with Gasteiger partial charge in [-0.3, -0.25) is 0 Å². The maximum Gasteiger partial charge on any atom is 0.150 e. The van der Waals surface area contributed by atoms with E-state index in [1.54, 1.807) is 7.11 Å². The summed E-state index contributed by atoms with van der Waals surface area (Å²) in [5, 5.41) is 7.95. The van der Waals surface area contributed by atoms with Crippen LogP contribution in [0.2, 0.25) is 0 Å². The number of aryl methyl sites for hydroxylation is 1. The zero-order valence-electron chi connectivity index (χ0n) is 24.0. The fraction of sp³-hybridized carbons (Fsp3) is 0.375. The Bertz CT molecular complexity index is 1590. The number of nitrogens with zero attached hydrogens (tertiary/aromatic N) is 2. The van der Waals surface area contributed by atoms with Crippen LogP contribution in [-0.2, 0) is 11.3 Å². The molecule has 7 rings (SSSR count). The highest BCUT2D eigenvalue weighted by Gasteiger charge is 2.30. The molecule has 2 atom stereocenters. The van der Waals surface area contributed by atoms with Crippen molar-refractivity contribution in [3.05, 3.63) is 77.8 Å². The number of aromatic nitrogens is 5. The van der Waals surface area contributed by atoms with E-state index in [1.165, 1.54) is 23.8 Å². The van der Waals surface area contributed by atoms with Crippen LogP contribution in [0.4, 0.5) is 0 Å². The van der Waals surface area contributed by atoms with Crippen LogP contribution in [0.5, 0.6) is 5.75 Å². The molecule has 5 aromatic rings. The van der Waals surface area contributed by atoms with E-state index in [0.29, 0.717) is 12.6 Å². The van der Waals surface area contributed by atoms with Gasteiger partial charge < -0.3 is 35.1 Å². The van der Waals surface area contributed by atoms with E-state index >= 15 is 0 Å². The molecule has 9 heteroatoms. The van der Waals surface area contributed by atoms with Gasteiger partial charge in [-0.15, -0.1) is 0 Å². The number of para-hydroxylation sites is 1. The summed E-state index contributed by atoms with van der Waals surface area (Å²) in [4.78, 5) is 19.0. The Morgan fingerprint density at radius 3 is 2.76 bits per heavy atom. The minimum atomic E-state index is -0.149. The number of methoxy groups -OCH3 is 1. The van der Waals surface area contributed by atoms with E-state index in [0.717, 1.165) is 77.2 Å². The van der Waals surface area contributed by atoms with E-state index in [4.69, 9.17) is 9.47 Å². The number of hydrogen-bond acceptors (Lipinski definition) is 6. The zero-order chi connectivity index (χ0) is 28.2. The smallest absolute Gasteiger partial charge is 0.150 e. The summed E-state index contributed by atoms with van der Waals surface area (Å²) in [5.74, 6) is 2.90. The fourth-order valence-electron chi connectivity index (χ4n) is 5.70. The first-order valence-electron chi connectivity index (χ1n) is 14.5. The summed E-state index contributed by atoms with van der Waals surface area (Å²) in [6, 6.07) is 15.1. The molecule has 2 unspecified atom stereocenters. The van der Waals surface area contributed by atoms with Gasteiger partial charge in [-0.25, -0.2) is 9.97 Å². The third-order valence-corrected chi connectivity index (χ3v) is 7.68. The molecule has 3 aromatic heterocycles. The minimum Gasteiger partial charge on any atom is -0.482 e. The number of imidazole rings is 2. The van der Waals surface area contributed by atoms with Crippen molar-refractivity contribution in [2.24, 2.45) is 0 Å². The van der Waals surface area contributed by atoms with Crippen molar-refractivity contribution in [3.63, 3.8) is 0 Å². The van der Waals surface area contributed by atoms with Crippen LogP contribution in [0.15, 0.2) is 54.9 Å². The fourth-order valence-corrected chi connectivity index (χ4v) is 5.70. The maximum absolute atomic E-state index is 6.44. The maximum atomic E-state index is 6.44. The lowest BCUT2D eigenvalue weighted by atomic mass is 9.96. The summed E-state index contributed by atoms with van der Waals surface area (Å²) in [7, 11) is 1.72. The lowest BCUT2D eigenvalue weighted by Crippen LogP contribution is -2.18. The van der Waals surface area contributed by atoms with E-state index in [2.05, 4.69) is 84.9 Å². The topological polar surface area (TPSA) is 116 Å². The molecule has 0 spiro atoms. The van der Waals surface area contributed by atoms with Gasteiger partial charge in [0.2, 0.25) is 0 Å². The van der Waals surface area contributed by atoms with Crippen LogP contribution in [0.25, 0.3) is 33.4 Å². The highest BCUT2D eigenvalue weighted by Crippen LogP contribution is 2.46. The molecule has 0 aliphatic carbocycles. The van der Waals surface area contributed by atoms with Gasteiger partial charge in [0.15, 0.2) is 0 Å². The van der Waals surface area contributed by atoms with Gasteiger partial charge in [0.25, 0.3) is 0 Å². The molecule has 9 nitrogen and oxygen atoms in total. The SMILES string of the molecule is CCCNCc1ncc(C)[nH]1.COCC1Oc2cc(-c3cnc(C4CCCN4)[nH]3)ccc2-c2[nH]c3ccccc3c21. The minimum absolute atomic E-state index is 0.149. The molecule has 0 saturated carbocycles. The molecule has 2 aliphatic heterocycles. The van der Waals surface area contributed by atoms with Gasteiger partial charge in [0.05, 0.1) is 36.8 Å². The molecule has 2 aromatic carbocycles. The first-order chi connectivity index (χ1) is 20.1. The van der Waals surface area contributed by atoms with Crippen molar-refractivity contribution in [1.82, 2.24) is 35.6 Å². The molecule has 5 N–H and O–H groups in total. The van der Waals surface area contributed by atoms with Gasteiger partial charge in [-0.05, 0) is 57.5 Å². The monoisotopic (exact) mass is 553 g/mol. The Balaban J connectivity index is 0.000000233. The molecule has 41 heavy (non-hydrogen) atoms. The lowest BCUT2D eigenvalue weighted by molar-refractivity contribution is 0.0803. The van der Waals surface area contributed by atoms with Gasteiger partial charge in [-0.1, -0.05) is 31.2 Å². The number of rotatable bonds is 8. The van der Waals surface area contributed by atoms with E-state index in [9.17, 15) is 0 Å². The Hall–Kier alpha value is -3.92. The van der Waals surface area contributed by atoms with Crippen molar-refractivity contribution in [2.45, 2.75) is 51.8 Å². The second kappa shape index (κ2) is 12.3. The Morgan fingerprint density at radius 2 is 1.98 bits per heavy atom. The normalized spacial score (nSPS) is 17.5. The second-order valence-corrected chi connectivity index (χ2v) is 10.8. The summed E-state index contributed by atoms with van der Waals surface area (Å²) >= 11 is 0. The average Bonchev–Trinajstić information content (AvgIpc) is 3.80. The molecule has 5 heterocycles. The number of aromatic amines is 3. The molecular weight excluding hydrogens is 514 g/mol. The van der Waals surface area contributed by atoms with Crippen LogP contribution in [0.3, 0.4) is 0 Å². The van der Waals surface area contributed by atoms with Crippen LogP contribution in [0, 0.1) is 6.92 Å². The highest BCUT2D eigenvalue weighted by atomic mass is 16.5. The summed E-state index contributed by atoms with van der Waals surface area (Å²) < 4.78 is 11.9. The molecule has 1 saturated heterocycles. The molecule has 0 bridgehead atoms. The predicted molar refractivity (Wildman–Crippen MR) is 162 cm³/mol. The van der Waals surface area contributed by atoms with Crippen molar-refractivity contribution in [2.75, 3.05) is 26.8 Å². The van der Waals surface area contributed by atoms with Crippen molar-refractivity contribution >= 4 is 10.9 Å². The Kier molecular flexibility index (Phi) is 8.18. The van der Waals surface area contributed by atoms with Gasteiger partial charge in [0, 0.05) is 46.6 Å². The van der Waals surface area contributed by atoms with Crippen LogP contribution < -0.4 is 15.4 Å². The predicted octanol–water partition coefficient (Wildman–Crippen LogP) is 5.95. The number of nitrogens with one attached hydrogen (secondary N) is 5. The molecule has 0 radical (unpaired) electrons. The van der Waals surface area contributed by atoms with Gasteiger partial charge >= 0.3 is 0 Å². The average molecular weight is 554 g/mol. The van der Waals surface area contributed by atoms with Gasteiger partial charge in [0.1, 0.15) is 23.5 Å². The second-order valence-electron chi connectivity index (χ2n) is 10.8. The first kappa shape index (κ1) is 27.3. The Morgan fingerprint density at radius 1 is 1.07 bits per heavy atom. The third-order valence-electron chi connectivity index (χ3n) is 7.68. The van der Waals surface area contributed by atoms with Crippen LogP contribution in [0.1, 0.15) is 61.2 Å². The Labute approximate surface area is 240 Å². The number of hydrogen-bond donors (Lipinski definition) is 5.